The lowest BCUT2D eigenvalue weighted by Crippen LogP contribution is -2.32. The Kier molecular flexibility index (Phi) is 2.88. The number of hydrogen-bond acceptors (Lipinski definition) is 3. The van der Waals surface area contributed by atoms with Crippen LogP contribution in [0, 0.1) is 5.92 Å². The smallest absolute Gasteiger partial charge is 0.343 e. The SMILES string of the molecule is O=C(c1cnc2nc[nH]c2c1)N1CC[C@H](C(F)(F)F)C1. The number of carbonyl (C=O) groups is 1. The molecule has 1 aliphatic rings. The molecule has 2 aromatic rings. The third kappa shape index (κ3) is 2.21. The molecule has 8 heteroatoms. The van der Waals surface area contributed by atoms with Crippen molar-refractivity contribution < 1.29 is 18.0 Å². The molecule has 1 aliphatic heterocycles. The van der Waals surface area contributed by atoms with E-state index in [2.05, 4.69) is 15.0 Å². The number of halogens is 3. The molecule has 0 unspecified atom stereocenters. The van der Waals surface area contributed by atoms with E-state index in [1.807, 2.05) is 0 Å². The fourth-order valence-electron chi connectivity index (χ4n) is 2.34. The minimum Gasteiger partial charge on any atom is -0.343 e. The van der Waals surface area contributed by atoms with Crippen LogP contribution in [0.4, 0.5) is 13.2 Å². The summed E-state index contributed by atoms with van der Waals surface area (Å²) in [5.74, 6) is -1.86. The summed E-state index contributed by atoms with van der Waals surface area (Å²) < 4.78 is 37.8. The van der Waals surface area contributed by atoms with Gasteiger partial charge in [0.1, 0.15) is 0 Å². The van der Waals surface area contributed by atoms with Crippen molar-refractivity contribution in [3.63, 3.8) is 0 Å². The summed E-state index contributed by atoms with van der Waals surface area (Å²) >= 11 is 0. The number of likely N-dealkylation sites (tertiary alicyclic amines) is 1. The van der Waals surface area contributed by atoms with Crippen molar-refractivity contribution in [2.75, 3.05) is 13.1 Å². The number of amides is 1. The van der Waals surface area contributed by atoms with Crippen LogP contribution in [0.3, 0.4) is 0 Å². The first kappa shape index (κ1) is 12.9. The summed E-state index contributed by atoms with van der Waals surface area (Å²) in [4.78, 5) is 24.1. The van der Waals surface area contributed by atoms with E-state index in [1.54, 1.807) is 6.07 Å². The quantitative estimate of drug-likeness (QED) is 0.871. The molecule has 0 saturated carbocycles. The topological polar surface area (TPSA) is 61.9 Å². The second-order valence-electron chi connectivity index (χ2n) is 4.78. The van der Waals surface area contributed by atoms with Crippen LogP contribution in [0.15, 0.2) is 18.6 Å². The monoisotopic (exact) mass is 284 g/mol. The van der Waals surface area contributed by atoms with Crippen LogP contribution in [-0.2, 0) is 0 Å². The second-order valence-corrected chi connectivity index (χ2v) is 4.78. The van der Waals surface area contributed by atoms with Gasteiger partial charge in [-0.1, -0.05) is 0 Å². The van der Waals surface area contributed by atoms with Crippen molar-refractivity contribution in [1.29, 1.82) is 0 Å². The van der Waals surface area contributed by atoms with E-state index in [4.69, 9.17) is 0 Å². The molecule has 0 aliphatic carbocycles. The lowest BCUT2D eigenvalue weighted by molar-refractivity contribution is -0.169. The van der Waals surface area contributed by atoms with Crippen LogP contribution in [0.25, 0.3) is 11.2 Å². The minimum absolute atomic E-state index is 0.0467. The second kappa shape index (κ2) is 4.46. The lowest BCUT2D eigenvalue weighted by atomic mass is 10.1. The molecule has 3 heterocycles. The maximum Gasteiger partial charge on any atom is 0.393 e. The van der Waals surface area contributed by atoms with Crippen LogP contribution in [0.5, 0.6) is 0 Å². The van der Waals surface area contributed by atoms with Crippen molar-refractivity contribution >= 4 is 17.1 Å². The van der Waals surface area contributed by atoms with E-state index >= 15 is 0 Å². The van der Waals surface area contributed by atoms with E-state index in [0.29, 0.717) is 11.2 Å². The zero-order valence-corrected chi connectivity index (χ0v) is 10.3. The average molecular weight is 284 g/mol. The number of aromatic amines is 1. The van der Waals surface area contributed by atoms with Crippen molar-refractivity contribution in [1.82, 2.24) is 19.9 Å². The van der Waals surface area contributed by atoms with Crippen LogP contribution in [0.1, 0.15) is 16.8 Å². The van der Waals surface area contributed by atoms with Crippen molar-refractivity contribution in [3.05, 3.63) is 24.2 Å². The van der Waals surface area contributed by atoms with Gasteiger partial charge in [0.05, 0.1) is 23.3 Å². The van der Waals surface area contributed by atoms with Gasteiger partial charge in [0, 0.05) is 19.3 Å². The zero-order valence-electron chi connectivity index (χ0n) is 10.3. The molecule has 5 nitrogen and oxygen atoms in total. The molecular formula is C12H11F3N4O. The fourth-order valence-corrected chi connectivity index (χ4v) is 2.34. The Labute approximate surface area is 111 Å². The number of pyridine rings is 1. The summed E-state index contributed by atoms with van der Waals surface area (Å²) in [6.45, 7) is -0.173. The normalized spacial score (nSPS) is 19.8. The maximum atomic E-state index is 12.6. The largest absolute Gasteiger partial charge is 0.393 e. The van der Waals surface area contributed by atoms with E-state index < -0.39 is 18.0 Å². The highest BCUT2D eigenvalue weighted by atomic mass is 19.4. The molecule has 0 bridgehead atoms. The molecule has 2 aromatic heterocycles. The molecule has 1 saturated heterocycles. The van der Waals surface area contributed by atoms with Crippen LogP contribution in [-0.4, -0.2) is 45.0 Å². The van der Waals surface area contributed by atoms with Crippen LogP contribution >= 0.6 is 0 Å². The highest BCUT2D eigenvalue weighted by Gasteiger charge is 2.44. The first-order valence-corrected chi connectivity index (χ1v) is 6.10. The van der Waals surface area contributed by atoms with Gasteiger partial charge in [0.15, 0.2) is 5.65 Å². The zero-order chi connectivity index (χ0) is 14.3. The Bertz CT molecular complexity index is 651. The number of nitrogens with zero attached hydrogens (tertiary/aromatic N) is 3. The van der Waals surface area contributed by atoms with Crippen LogP contribution < -0.4 is 0 Å². The number of aromatic nitrogens is 3. The number of fused-ring (bicyclic) bond motifs is 1. The summed E-state index contributed by atoms with van der Waals surface area (Å²) in [7, 11) is 0. The summed E-state index contributed by atoms with van der Waals surface area (Å²) in [5, 5.41) is 0. The van der Waals surface area contributed by atoms with Gasteiger partial charge >= 0.3 is 6.18 Å². The molecule has 20 heavy (non-hydrogen) atoms. The number of H-pyrrole nitrogens is 1. The average Bonchev–Trinajstić information content (AvgIpc) is 3.05. The summed E-state index contributed by atoms with van der Waals surface area (Å²) in [6, 6.07) is 1.55. The number of rotatable bonds is 1. The molecule has 0 spiro atoms. The van der Waals surface area contributed by atoms with Gasteiger partial charge in [-0.25, -0.2) is 9.97 Å². The predicted molar refractivity (Wildman–Crippen MR) is 64.0 cm³/mol. The molecule has 0 aromatic carbocycles. The Morgan fingerprint density at radius 3 is 2.90 bits per heavy atom. The summed E-state index contributed by atoms with van der Waals surface area (Å²) in [6.07, 6.45) is -1.51. The Morgan fingerprint density at radius 2 is 2.20 bits per heavy atom. The first-order chi connectivity index (χ1) is 9.45. The fraction of sp³-hybridized carbons (Fsp3) is 0.417. The molecular weight excluding hydrogens is 273 g/mol. The van der Waals surface area contributed by atoms with Crippen molar-refractivity contribution in [2.45, 2.75) is 12.6 Å². The van der Waals surface area contributed by atoms with Gasteiger partial charge in [-0.05, 0) is 12.5 Å². The van der Waals surface area contributed by atoms with Crippen LogP contribution in [0.2, 0.25) is 0 Å². The number of nitrogens with one attached hydrogen (secondary N) is 1. The molecule has 0 radical (unpaired) electrons. The number of alkyl halides is 3. The van der Waals surface area contributed by atoms with Gasteiger partial charge in [0.2, 0.25) is 0 Å². The van der Waals surface area contributed by atoms with Gasteiger partial charge < -0.3 is 9.88 Å². The van der Waals surface area contributed by atoms with E-state index in [0.717, 1.165) is 0 Å². The lowest BCUT2D eigenvalue weighted by Gasteiger charge is -2.17. The molecule has 106 valence electrons. The first-order valence-electron chi connectivity index (χ1n) is 6.10. The minimum atomic E-state index is -4.25. The number of carbonyl (C=O) groups excluding carboxylic acids is 1. The molecule has 1 atom stereocenters. The standard InChI is InChI=1S/C12H11F3N4O/c13-12(14,15)8-1-2-19(5-8)11(20)7-3-9-10(16-4-7)18-6-17-9/h3-4,6,8H,1-2,5H2,(H,16,17,18)/t8-/m0/s1. The molecule has 1 N–H and O–H groups in total. The Balaban J connectivity index is 1.79. The van der Waals surface area contributed by atoms with Gasteiger partial charge in [-0.15, -0.1) is 0 Å². The van der Waals surface area contributed by atoms with Gasteiger partial charge in [-0.2, -0.15) is 13.2 Å². The molecule has 1 fully saturated rings. The Hall–Kier alpha value is -2.12. The molecule has 3 rings (SSSR count). The Morgan fingerprint density at radius 1 is 1.40 bits per heavy atom. The van der Waals surface area contributed by atoms with E-state index in [9.17, 15) is 18.0 Å². The van der Waals surface area contributed by atoms with Crippen molar-refractivity contribution in [2.24, 2.45) is 5.92 Å². The highest BCUT2D eigenvalue weighted by molar-refractivity contribution is 5.96. The third-order valence-electron chi connectivity index (χ3n) is 3.46. The van der Waals surface area contributed by atoms with Gasteiger partial charge in [0.25, 0.3) is 5.91 Å². The predicted octanol–water partition coefficient (Wildman–Crippen LogP) is 1.98. The summed E-state index contributed by atoms with van der Waals surface area (Å²) in [5.41, 5.74) is 1.32. The number of hydrogen-bond donors (Lipinski definition) is 1. The van der Waals surface area contributed by atoms with E-state index in [1.165, 1.54) is 17.4 Å². The third-order valence-corrected chi connectivity index (χ3v) is 3.46. The molecule has 1 amide bonds. The van der Waals surface area contributed by atoms with Crippen molar-refractivity contribution in [3.8, 4) is 0 Å². The maximum absolute atomic E-state index is 12.6. The highest BCUT2D eigenvalue weighted by Crippen LogP contribution is 2.33. The van der Waals surface area contributed by atoms with E-state index in [-0.39, 0.29) is 25.1 Å². The number of imidazole rings is 1. The van der Waals surface area contributed by atoms with Gasteiger partial charge in [-0.3, -0.25) is 4.79 Å².